The highest BCUT2D eigenvalue weighted by Gasteiger charge is 2.16. The van der Waals surface area contributed by atoms with Gasteiger partial charge >= 0.3 is 0 Å². The van der Waals surface area contributed by atoms with Crippen molar-refractivity contribution in [2.24, 2.45) is 5.92 Å². The van der Waals surface area contributed by atoms with Crippen molar-refractivity contribution >= 4 is 0 Å². The first-order chi connectivity index (χ1) is 7.26. The number of nitrogens with zero attached hydrogens (tertiary/aromatic N) is 1. The van der Waals surface area contributed by atoms with Crippen LogP contribution < -0.4 is 5.32 Å². The minimum absolute atomic E-state index is 0.387. The molecule has 1 fully saturated rings. The third kappa shape index (κ3) is 4.96. The summed E-state index contributed by atoms with van der Waals surface area (Å²) in [5.41, 5.74) is 0. The van der Waals surface area contributed by atoms with Crippen molar-refractivity contribution in [3.05, 3.63) is 0 Å². The molecule has 0 aromatic carbocycles. The minimum Gasteiger partial charge on any atom is -0.374 e. The Bertz CT molecular complexity index is 154. The second kappa shape index (κ2) is 7.20. The molecule has 1 atom stereocenters. The lowest BCUT2D eigenvalue weighted by atomic mass is 10.0. The van der Waals surface area contributed by atoms with Crippen LogP contribution in [0.2, 0.25) is 0 Å². The first-order valence-electron chi connectivity index (χ1n) is 6.27. The molecule has 0 amide bonds. The van der Waals surface area contributed by atoms with Gasteiger partial charge in [0.1, 0.15) is 0 Å². The van der Waals surface area contributed by atoms with Gasteiger partial charge < -0.3 is 15.0 Å². The van der Waals surface area contributed by atoms with Crippen LogP contribution in [0, 0.1) is 5.92 Å². The van der Waals surface area contributed by atoms with Crippen LogP contribution in [0.3, 0.4) is 0 Å². The Labute approximate surface area is 94.2 Å². The highest BCUT2D eigenvalue weighted by atomic mass is 16.5. The number of rotatable bonds is 6. The van der Waals surface area contributed by atoms with Gasteiger partial charge in [-0.25, -0.2) is 0 Å². The Kier molecular flexibility index (Phi) is 6.22. The molecule has 0 aromatic heterocycles. The summed E-state index contributed by atoms with van der Waals surface area (Å²) in [7, 11) is 2.20. The maximum atomic E-state index is 5.69. The number of nitrogens with one attached hydrogen (secondary N) is 1. The van der Waals surface area contributed by atoms with Crippen molar-refractivity contribution in [3.63, 3.8) is 0 Å². The van der Waals surface area contributed by atoms with Gasteiger partial charge in [-0.1, -0.05) is 26.7 Å². The van der Waals surface area contributed by atoms with Crippen molar-refractivity contribution in [3.8, 4) is 0 Å². The normalized spacial score (nSPS) is 22.6. The fourth-order valence-corrected chi connectivity index (χ4v) is 2.15. The zero-order chi connectivity index (χ0) is 11.1. The summed E-state index contributed by atoms with van der Waals surface area (Å²) in [5.74, 6) is 0.839. The third-order valence-electron chi connectivity index (χ3n) is 3.24. The van der Waals surface area contributed by atoms with Crippen molar-refractivity contribution in [1.29, 1.82) is 0 Å². The highest BCUT2D eigenvalue weighted by molar-refractivity contribution is 4.71. The Morgan fingerprint density at radius 1 is 1.40 bits per heavy atom. The molecule has 1 aliphatic heterocycles. The summed E-state index contributed by atoms with van der Waals surface area (Å²) in [4.78, 5) is 2.41. The summed E-state index contributed by atoms with van der Waals surface area (Å²) < 4.78 is 5.69. The van der Waals surface area contributed by atoms with Crippen LogP contribution in [-0.2, 0) is 4.74 Å². The van der Waals surface area contributed by atoms with Gasteiger partial charge in [-0.2, -0.15) is 0 Å². The van der Waals surface area contributed by atoms with E-state index in [0.29, 0.717) is 6.10 Å². The minimum atomic E-state index is 0.387. The topological polar surface area (TPSA) is 24.5 Å². The summed E-state index contributed by atoms with van der Waals surface area (Å²) in [6.45, 7) is 9.70. The van der Waals surface area contributed by atoms with E-state index in [1.54, 1.807) is 0 Å². The van der Waals surface area contributed by atoms with E-state index < -0.39 is 0 Å². The number of ether oxygens (including phenoxy) is 1. The van der Waals surface area contributed by atoms with E-state index in [4.69, 9.17) is 4.74 Å². The maximum absolute atomic E-state index is 5.69. The Morgan fingerprint density at radius 3 is 2.67 bits per heavy atom. The van der Waals surface area contributed by atoms with Gasteiger partial charge in [0.05, 0.1) is 12.7 Å². The van der Waals surface area contributed by atoms with Crippen molar-refractivity contribution in [2.75, 3.05) is 39.8 Å². The summed E-state index contributed by atoms with van der Waals surface area (Å²) in [6.07, 6.45) is 2.95. The average molecular weight is 214 g/mol. The molecule has 0 bridgehead atoms. The summed E-state index contributed by atoms with van der Waals surface area (Å²) in [6, 6.07) is 0. The molecule has 3 heteroatoms. The van der Waals surface area contributed by atoms with Gasteiger partial charge in [-0.15, -0.1) is 0 Å². The largest absolute Gasteiger partial charge is 0.374 e. The van der Waals surface area contributed by atoms with Gasteiger partial charge in [0, 0.05) is 26.2 Å². The molecule has 3 nitrogen and oxygen atoms in total. The predicted molar refractivity (Wildman–Crippen MR) is 64.2 cm³/mol. The monoisotopic (exact) mass is 214 g/mol. The van der Waals surface area contributed by atoms with Crippen LogP contribution in [0.5, 0.6) is 0 Å². The molecule has 0 aliphatic carbocycles. The number of likely N-dealkylation sites (N-methyl/N-ethyl adjacent to an activating group) is 1. The smallest absolute Gasteiger partial charge is 0.0826 e. The van der Waals surface area contributed by atoms with Crippen LogP contribution in [0.1, 0.15) is 26.7 Å². The zero-order valence-corrected chi connectivity index (χ0v) is 10.5. The van der Waals surface area contributed by atoms with Gasteiger partial charge in [-0.05, 0) is 13.0 Å². The maximum Gasteiger partial charge on any atom is 0.0826 e. The third-order valence-corrected chi connectivity index (χ3v) is 3.24. The lowest BCUT2D eigenvalue weighted by Crippen LogP contribution is -2.45. The van der Waals surface area contributed by atoms with Crippen molar-refractivity contribution < 1.29 is 4.74 Å². The lowest BCUT2D eigenvalue weighted by Gasteiger charge is -2.29. The SMILES string of the molecule is CCC(CC)CN(C)CC1CNCCO1. The first-order valence-corrected chi connectivity index (χ1v) is 6.27. The average Bonchev–Trinajstić information content (AvgIpc) is 2.27. The van der Waals surface area contributed by atoms with E-state index in [1.807, 2.05) is 0 Å². The molecule has 1 aliphatic rings. The molecule has 0 spiro atoms. The molecule has 0 aromatic rings. The lowest BCUT2D eigenvalue weighted by molar-refractivity contribution is 0.00767. The zero-order valence-electron chi connectivity index (χ0n) is 10.5. The molecular formula is C12H26N2O. The predicted octanol–water partition coefficient (Wildman–Crippen LogP) is 1.34. The summed E-state index contributed by atoms with van der Waals surface area (Å²) in [5, 5.41) is 3.37. The molecule has 15 heavy (non-hydrogen) atoms. The molecule has 0 radical (unpaired) electrons. The van der Waals surface area contributed by atoms with E-state index in [-0.39, 0.29) is 0 Å². The second-order valence-corrected chi connectivity index (χ2v) is 4.60. The molecule has 1 N–H and O–H groups in total. The fourth-order valence-electron chi connectivity index (χ4n) is 2.15. The standard InChI is InChI=1S/C12H26N2O/c1-4-11(5-2)9-14(3)10-12-8-13-6-7-15-12/h11-13H,4-10H2,1-3H3. The molecule has 1 saturated heterocycles. The molecule has 90 valence electrons. The van der Waals surface area contributed by atoms with E-state index in [1.165, 1.54) is 19.4 Å². The molecule has 1 unspecified atom stereocenters. The van der Waals surface area contributed by atoms with E-state index in [2.05, 4.69) is 31.1 Å². The van der Waals surface area contributed by atoms with Gasteiger partial charge in [0.2, 0.25) is 0 Å². The quantitative estimate of drug-likeness (QED) is 0.722. The Balaban J connectivity index is 2.18. The number of hydrogen-bond donors (Lipinski definition) is 1. The van der Waals surface area contributed by atoms with Crippen LogP contribution in [-0.4, -0.2) is 50.8 Å². The van der Waals surface area contributed by atoms with Crippen LogP contribution in [0.15, 0.2) is 0 Å². The second-order valence-electron chi connectivity index (χ2n) is 4.60. The van der Waals surface area contributed by atoms with Crippen molar-refractivity contribution in [1.82, 2.24) is 10.2 Å². The van der Waals surface area contributed by atoms with Crippen molar-refractivity contribution in [2.45, 2.75) is 32.8 Å². The van der Waals surface area contributed by atoms with Crippen LogP contribution in [0.4, 0.5) is 0 Å². The molecule has 1 heterocycles. The van der Waals surface area contributed by atoms with E-state index in [0.717, 1.165) is 32.2 Å². The molecular weight excluding hydrogens is 188 g/mol. The molecule has 1 rings (SSSR count). The molecule has 0 saturated carbocycles. The number of morpholine rings is 1. The number of hydrogen-bond acceptors (Lipinski definition) is 3. The van der Waals surface area contributed by atoms with E-state index >= 15 is 0 Å². The van der Waals surface area contributed by atoms with Gasteiger partial charge in [0.25, 0.3) is 0 Å². The first kappa shape index (κ1) is 12.9. The fraction of sp³-hybridized carbons (Fsp3) is 1.00. The highest BCUT2D eigenvalue weighted by Crippen LogP contribution is 2.09. The van der Waals surface area contributed by atoms with E-state index in [9.17, 15) is 0 Å². The van der Waals surface area contributed by atoms with Gasteiger partial charge in [-0.3, -0.25) is 0 Å². The summed E-state index contributed by atoms with van der Waals surface area (Å²) >= 11 is 0. The van der Waals surface area contributed by atoms with Gasteiger partial charge in [0.15, 0.2) is 0 Å². The Hall–Kier alpha value is -0.120. The van der Waals surface area contributed by atoms with Crippen LogP contribution in [0.25, 0.3) is 0 Å². The Morgan fingerprint density at radius 2 is 2.13 bits per heavy atom. The van der Waals surface area contributed by atoms with Crippen LogP contribution >= 0.6 is 0 Å².